The highest BCUT2D eigenvalue weighted by molar-refractivity contribution is 7.89. The van der Waals surface area contributed by atoms with Gasteiger partial charge in [0.2, 0.25) is 5.91 Å². The van der Waals surface area contributed by atoms with Gasteiger partial charge in [-0.15, -0.1) is 0 Å². The average Bonchev–Trinajstić information content (AvgIpc) is 3.23. The fraction of sp³-hybridized carbons (Fsp3) is 0.778. The molecular formula is C18H28N4O3S. The van der Waals surface area contributed by atoms with Crippen molar-refractivity contribution >= 4 is 15.9 Å². The summed E-state index contributed by atoms with van der Waals surface area (Å²) in [6.45, 7) is 4.79. The Morgan fingerprint density at radius 3 is 2.73 bits per heavy atom. The van der Waals surface area contributed by atoms with Gasteiger partial charge in [-0.25, -0.2) is 8.42 Å². The van der Waals surface area contributed by atoms with Crippen LogP contribution in [0.25, 0.3) is 0 Å². The molecule has 2 aliphatic heterocycles. The summed E-state index contributed by atoms with van der Waals surface area (Å²) < 4.78 is 29.1. The summed E-state index contributed by atoms with van der Waals surface area (Å²) in [6.07, 6.45) is 7.64. The molecule has 3 fully saturated rings. The van der Waals surface area contributed by atoms with Gasteiger partial charge in [0.25, 0.3) is 10.0 Å². The maximum Gasteiger partial charge on any atom is 0.260 e. The van der Waals surface area contributed by atoms with Gasteiger partial charge in [0.05, 0.1) is 11.6 Å². The van der Waals surface area contributed by atoms with Crippen LogP contribution in [-0.2, 0) is 21.4 Å². The van der Waals surface area contributed by atoms with Gasteiger partial charge in [0.15, 0.2) is 5.03 Å². The molecule has 1 spiro atoms. The van der Waals surface area contributed by atoms with Crippen LogP contribution < -0.4 is 0 Å². The van der Waals surface area contributed by atoms with Gasteiger partial charge < -0.3 is 4.90 Å². The third kappa shape index (κ3) is 2.87. The van der Waals surface area contributed by atoms with Crippen LogP contribution in [0.2, 0.25) is 0 Å². The normalized spacial score (nSPS) is 28.0. The smallest absolute Gasteiger partial charge is 0.260 e. The summed E-state index contributed by atoms with van der Waals surface area (Å²) in [5.74, 6) is 0.826. The number of aromatic nitrogens is 2. The predicted molar refractivity (Wildman–Crippen MR) is 96.9 cm³/mol. The highest BCUT2D eigenvalue weighted by atomic mass is 32.2. The van der Waals surface area contributed by atoms with E-state index in [-0.39, 0.29) is 10.9 Å². The summed E-state index contributed by atoms with van der Waals surface area (Å²) in [4.78, 5) is 15.2. The summed E-state index contributed by atoms with van der Waals surface area (Å²) >= 11 is 0. The fourth-order valence-corrected chi connectivity index (χ4v) is 6.33. The van der Waals surface area contributed by atoms with E-state index >= 15 is 0 Å². The van der Waals surface area contributed by atoms with Crippen molar-refractivity contribution in [1.29, 1.82) is 0 Å². The van der Waals surface area contributed by atoms with Crippen molar-refractivity contribution in [2.24, 2.45) is 11.3 Å². The Kier molecular flexibility index (Phi) is 4.59. The van der Waals surface area contributed by atoms with Crippen molar-refractivity contribution < 1.29 is 13.2 Å². The molecule has 1 aromatic heterocycles. The minimum atomic E-state index is -3.61. The number of carbonyl (C=O) groups excluding carboxylic acids is 1. The lowest BCUT2D eigenvalue weighted by Crippen LogP contribution is -2.52. The molecule has 0 unspecified atom stereocenters. The van der Waals surface area contributed by atoms with Gasteiger partial charge in [-0.2, -0.15) is 9.40 Å². The number of aryl methyl sites for hydroxylation is 1. The van der Waals surface area contributed by atoms with Crippen molar-refractivity contribution in [2.45, 2.75) is 57.0 Å². The Labute approximate surface area is 155 Å². The minimum Gasteiger partial charge on any atom is -0.342 e. The maximum absolute atomic E-state index is 13.2. The average molecular weight is 381 g/mol. The van der Waals surface area contributed by atoms with E-state index in [0.717, 1.165) is 25.9 Å². The van der Waals surface area contributed by atoms with E-state index in [2.05, 4.69) is 5.10 Å². The summed E-state index contributed by atoms with van der Waals surface area (Å²) in [5, 5.41) is 4.32. The lowest BCUT2D eigenvalue weighted by Gasteiger charge is -2.42. The zero-order valence-corrected chi connectivity index (χ0v) is 16.2. The number of hydrogen-bond acceptors (Lipinski definition) is 4. The van der Waals surface area contributed by atoms with E-state index in [4.69, 9.17) is 0 Å². The SMILES string of the molecule is CCn1nccc1S(=O)(=O)N1CC[C@]2(CCCN(CC3CCC3)C2=O)C1. The van der Waals surface area contributed by atoms with Gasteiger partial charge in [-0.3, -0.25) is 9.48 Å². The summed E-state index contributed by atoms with van der Waals surface area (Å²) in [7, 11) is -3.61. The number of rotatable bonds is 5. The van der Waals surface area contributed by atoms with Crippen molar-refractivity contribution in [1.82, 2.24) is 19.0 Å². The van der Waals surface area contributed by atoms with Gasteiger partial charge in [0.1, 0.15) is 0 Å². The molecule has 26 heavy (non-hydrogen) atoms. The molecule has 0 radical (unpaired) electrons. The first-order chi connectivity index (χ1) is 12.5. The standard InChI is InChI=1S/C18H28N4O3S/c1-2-22-16(7-10-19-22)26(24,25)21-12-9-18(14-21)8-4-11-20(17(18)23)13-15-5-3-6-15/h7,10,15H,2-6,8-9,11-14H2,1H3/t18-/m1/s1. The van der Waals surface area contributed by atoms with Crippen LogP contribution in [0.15, 0.2) is 17.3 Å². The minimum absolute atomic E-state index is 0.178. The van der Waals surface area contributed by atoms with E-state index in [9.17, 15) is 13.2 Å². The number of nitrogens with zero attached hydrogens (tertiary/aromatic N) is 4. The molecule has 1 aliphatic carbocycles. The highest BCUT2D eigenvalue weighted by Gasteiger charge is 2.51. The van der Waals surface area contributed by atoms with Crippen LogP contribution in [0.1, 0.15) is 45.4 Å². The summed E-state index contributed by atoms with van der Waals surface area (Å²) in [6, 6.07) is 1.55. The van der Waals surface area contributed by atoms with Crippen LogP contribution in [-0.4, -0.2) is 59.5 Å². The molecule has 7 nitrogen and oxygen atoms in total. The zero-order valence-electron chi connectivity index (χ0n) is 15.4. The van der Waals surface area contributed by atoms with Gasteiger partial charge in [-0.05, 0) is 51.0 Å². The van der Waals surface area contributed by atoms with E-state index in [1.54, 1.807) is 6.07 Å². The van der Waals surface area contributed by atoms with Crippen LogP contribution in [0.4, 0.5) is 0 Å². The van der Waals surface area contributed by atoms with Crippen LogP contribution in [0, 0.1) is 11.3 Å². The Morgan fingerprint density at radius 1 is 1.23 bits per heavy atom. The molecule has 4 rings (SSSR count). The monoisotopic (exact) mass is 380 g/mol. The predicted octanol–water partition coefficient (Wildman–Crippen LogP) is 1.71. The molecule has 0 N–H and O–H groups in total. The first kappa shape index (κ1) is 18.0. The van der Waals surface area contributed by atoms with Crippen LogP contribution in [0.5, 0.6) is 0 Å². The van der Waals surface area contributed by atoms with Gasteiger partial charge in [-0.1, -0.05) is 6.42 Å². The molecule has 1 amide bonds. The number of carbonyl (C=O) groups is 1. The van der Waals surface area contributed by atoms with Crippen LogP contribution >= 0.6 is 0 Å². The lowest BCUT2D eigenvalue weighted by atomic mass is 9.77. The molecule has 0 bridgehead atoms. The molecule has 0 aromatic carbocycles. The molecule has 3 aliphatic rings. The number of amides is 1. The Bertz CT molecular complexity index is 786. The second kappa shape index (κ2) is 6.64. The van der Waals surface area contributed by atoms with Gasteiger partial charge >= 0.3 is 0 Å². The van der Waals surface area contributed by atoms with E-state index in [1.165, 1.54) is 34.4 Å². The molecule has 144 valence electrons. The maximum atomic E-state index is 13.2. The quantitative estimate of drug-likeness (QED) is 0.779. The molecule has 1 saturated carbocycles. The van der Waals surface area contributed by atoms with Crippen molar-refractivity contribution in [3.8, 4) is 0 Å². The van der Waals surface area contributed by atoms with Gasteiger partial charge in [0, 0.05) is 32.7 Å². The Morgan fingerprint density at radius 2 is 2.04 bits per heavy atom. The molecule has 8 heteroatoms. The van der Waals surface area contributed by atoms with Crippen molar-refractivity contribution in [2.75, 3.05) is 26.2 Å². The third-order valence-electron chi connectivity index (χ3n) is 6.43. The van der Waals surface area contributed by atoms with E-state index < -0.39 is 15.4 Å². The second-order valence-corrected chi connectivity index (χ2v) is 9.89. The Balaban J connectivity index is 1.52. The second-order valence-electron chi connectivity index (χ2n) is 8.01. The molecule has 3 heterocycles. The third-order valence-corrected chi connectivity index (χ3v) is 8.29. The number of likely N-dealkylation sites (tertiary alicyclic amines) is 1. The lowest BCUT2D eigenvalue weighted by molar-refractivity contribution is -0.146. The molecule has 1 atom stereocenters. The van der Waals surface area contributed by atoms with E-state index in [1.807, 2.05) is 11.8 Å². The van der Waals surface area contributed by atoms with Crippen LogP contribution in [0.3, 0.4) is 0 Å². The first-order valence-electron chi connectivity index (χ1n) is 9.78. The molecule has 2 saturated heterocycles. The number of piperidine rings is 1. The van der Waals surface area contributed by atoms with Crippen molar-refractivity contribution in [3.63, 3.8) is 0 Å². The Hall–Kier alpha value is -1.41. The summed E-state index contributed by atoms with van der Waals surface area (Å²) in [5.41, 5.74) is -0.522. The highest BCUT2D eigenvalue weighted by Crippen LogP contribution is 2.42. The molecule has 1 aromatic rings. The topological polar surface area (TPSA) is 75.5 Å². The first-order valence-corrected chi connectivity index (χ1v) is 11.2. The largest absolute Gasteiger partial charge is 0.342 e. The fourth-order valence-electron chi connectivity index (χ4n) is 4.64. The van der Waals surface area contributed by atoms with E-state index in [0.29, 0.717) is 32.0 Å². The number of hydrogen-bond donors (Lipinski definition) is 0. The molecular weight excluding hydrogens is 352 g/mol. The zero-order chi connectivity index (χ0) is 18.4. The number of sulfonamides is 1. The van der Waals surface area contributed by atoms with Crippen molar-refractivity contribution in [3.05, 3.63) is 12.3 Å².